The number of morpholine rings is 1. The summed E-state index contributed by atoms with van der Waals surface area (Å²) >= 11 is 5.91. The molecule has 166 valence electrons. The van der Waals surface area contributed by atoms with Gasteiger partial charge in [0.05, 0.1) is 40.1 Å². The molecular formula is C19H17ClF3N3O5. The van der Waals surface area contributed by atoms with E-state index in [-0.39, 0.29) is 22.1 Å². The molecule has 3 rings (SSSR count). The van der Waals surface area contributed by atoms with Crippen LogP contribution in [0, 0.1) is 10.1 Å². The van der Waals surface area contributed by atoms with Gasteiger partial charge in [0.1, 0.15) is 5.75 Å². The van der Waals surface area contributed by atoms with Crippen molar-refractivity contribution in [3.8, 4) is 5.75 Å². The van der Waals surface area contributed by atoms with Crippen LogP contribution >= 0.6 is 11.6 Å². The number of nitro groups is 1. The van der Waals surface area contributed by atoms with Crippen LogP contribution < -0.4 is 15.0 Å². The number of anilines is 2. The van der Waals surface area contributed by atoms with Gasteiger partial charge in [-0.2, -0.15) is 13.2 Å². The van der Waals surface area contributed by atoms with Crippen LogP contribution in [0.1, 0.15) is 5.56 Å². The lowest BCUT2D eigenvalue weighted by atomic mass is 10.1. The van der Waals surface area contributed by atoms with Crippen LogP contribution in [0.5, 0.6) is 5.75 Å². The third kappa shape index (κ3) is 5.76. The normalized spacial score (nSPS) is 14.3. The molecule has 0 aliphatic carbocycles. The first kappa shape index (κ1) is 22.6. The first-order chi connectivity index (χ1) is 14.6. The van der Waals surface area contributed by atoms with Gasteiger partial charge in [0.15, 0.2) is 6.61 Å². The van der Waals surface area contributed by atoms with Crippen molar-refractivity contribution >= 4 is 34.6 Å². The third-order valence-electron chi connectivity index (χ3n) is 4.43. The average molecular weight is 460 g/mol. The summed E-state index contributed by atoms with van der Waals surface area (Å²) in [5.74, 6) is -0.692. The van der Waals surface area contributed by atoms with E-state index in [9.17, 15) is 28.1 Å². The Balaban J connectivity index is 1.75. The minimum atomic E-state index is -4.58. The summed E-state index contributed by atoms with van der Waals surface area (Å²) in [5, 5.41) is 13.1. The Labute approximate surface area is 179 Å². The Morgan fingerprint density at radius 3 is 2.55 bits per heavy atom. The lowest BCUT2D eigenvalue weighted by molar-refractivity contribution is -0.384. The Bertz CT molecular complexity index is 981. The van der Waals surface area contributed by atoms with Gasteiger partial charge in [-0.1, -0.05) is 11.6 Å². The summed E-state index contributed by atoms with van der Waals surface area (Å²) < 4.78 is 50.0. The van der Waals surface area contributed by atoms with E-state index < -0.39 is 29.2 Å². The Kier molecular flexibility index (Phi) is 6.86. The minimum absolute atomic E-state index is 0.0138. The fraction of sp³-hybridized carbons (Fsp3) is 0.316. The number of nitro benzene ring substituents is 1. The van der Waals surface area contributed by atoms with Crippen LogP contribution in [0.4, 0.5) is 30.2 Å². The summed E-state index contributed by atoms with van der Waals surface area (Å²) in [6, 6.07) is 6.57. The number of ether oxygens (including phenoxy) is 2. The van der Waals surface area contributed by atoms with Crippen molar-refractivity contribution in [1.82, 2.24) is 0 Å². The van der Waals surface area contributed by atoms with E-state index in [0.717, 1.165) is 24.3 Å². The molecule has 12 heteroatoms. The number of rotatable bonds is 6. The monoisotopic (exact) mass is 459 g/mol. The first-order valence-electron chi connectivity index (χ1n) is 9.05. The summed E-state index contributed by atoms with van der Waals surface area (Å²) in [6.45, 7) is 1.19. The van der Waals surface area contributed by atoms with E-state index in [1.54, 1.807) is 0 Å². The molecule has 31 heavy (non-hydrogen) atoms. The van der Waals surface area contributed by atoms with Crippen LogP contribution in [0.25, 0.3) is 0 Å². The van der Waals surface area contributed by atoms with Crippen molar-refractivity contribution in [2.24, 2.45) is 0 Å². The maximum atomic E-state index is 13.1. The number of nitrogens with zero attached hydrogens (tertiary/aromatic N) is 2. The highest BCUT2D eigenvalue weighted by molar-refractivity contribution is 6.32. The molecule has 1 saturated heterocycles. The Morgan fingerprint density at radius 1 is 1.23 bits per heavy atom. The molecule has 0 radical (unpaired) electrons. The third-order valence-corrected chi connectivity index (χ3v) is 4.73. The van der Waals surface area contributed by atoms with E-state index in [4.69, 9.17) is 21.1 Å². The molecule has 8 nitrogen and oxygen atoms in total. The van der Waals surface area contributed by atoms with Gasteiger partial charge in [0.25, 0.3) is 11.6 Å². The molecule has 0 bridgehead atoms. The van der Waals surface area contributed by atoms with Gasteiger partial charge in [-0.05, 0) is 24.3 Å². The molecule has 0 saturated carbocycles. The van der Waals surface area contributed by atoms with Crippen LogP contribution in [-0.2, 0) is 15.7 Å². The van der Waals surface area contributed by atoms with Gasteiger partial charge in [-0.15, -0.1) is 0 Å². The largest absolute Gasteiger partial charge is 0.482 e. The van der Waals surface area contributed by atoms with Gasteiger partial charge in [-0.25, -0.2) is 0 Å². The number of benzene rings is 2. The van der Waals surface area contributed by atoms with E-state index in [1.807, 2.05) is 4.90 Å². The summed E-state index contributed by atoms with van der Waals surface area (Å²) in [4.78, 5) is 24.3. The maximum absolute atomic E-state index is 13.1. The number of carbonyl (C=O) groups is 1. The van der Waals surface area contributed by atoms with Crippen molar-refractivity contribution in [2.75, 3.05) is 43.1 Å². The number of hydrogen-bond acceptors (Lipinski definition) is 6. The highest BCUT2D eigenvalue weighted by Gasteiger charge is 2.32. The van der Waals surface area contributed by atoms with Crippen LogP contribution in [0.15, 0.2) is 36.4 Å². The fourth-order valence-corrected chi connectivity index (χ4v) is 3.17. The zero-order chi connectivity index (χ0) is 22.6. The molecule has 1 fully saturated rings. The molecule has 1 N–H and O–H groups in total. The van der Waals surface area contributed by atoms with Crippen molar-refractivity contribution < 1.29 is 32.4 Å². The van der Waals surface area contributed by atoms with Gasteiger partial charge >= 0.3 is 6.18 Å². The van der Waals surface area contributed by atoms with E-state index in [2.05, 4.69) is 5.32 Å². The van der Waals surface area contributed by atoms with Crippen molar-refractivity contribution in [3.63, 3.8) is 0 Å². The summed E-state index contributed by atoms with van der Waals surface area (Å²) in [5.41, 5.74) is -0.738. The number of hydrogen-bond donors (Lipinski definition) is 1. The summed E-state index contributed by atoms with van der Waals surface area (Å²) in [7, 11) is 0. The summed E-state index contributed by atoms with van der Waals surface area (Å²) in [6.07, 6.45) is -4.58. The van der Waals surface area contributed by atoms with Gasteiger partial charge < -0.3 is 19.7 Å². The van der Waals surface area contributed by atoms with Gasteiger partial charge in [0.2, 0.25) is 0 Å². The van der Waals surface area contributed by atoms with Gasteiger partial charge in [0, 0.05) is 25.2 Å². The minimum Gasteiger partial charge on any atom is -0.482 e. The van der Waals surface area contributed by atoms with Crippen molar-refractivity contribution in [1.29, 1.82) is 0 Å². The standard InChI is InChI=1S/C19H17ClF3N3O5/c20-14-10-13(26(28)29)2-4-17(14)31-11-18(27)24-15-9-12(19(21,22)23)1-3-16(15)25-5-7-30-8-6-25/h1-4,9-10H,5-8,11H2,(H,24,27). The predicted molar refractivity (Wildman–Crippen MR) is 107 cm³/mol. The molecule has 0 spiro atoms. The topological polar surface area (TPSA) is 93.9 Å². The first-order valence-corrected chi connectivity index (χ1v) is 9.43. The second kappa shape index (κ2) is 9.40. The molecule has 0 aromatic heterocycles. The molecule has 2 aromatic rings. The predicted octanol–water partition coefficient (Wildman–Crippen LogP) is 4.12. The molecule has 1 amide bonds. The number of halogens is 4. The lowest BCUT2D eigenvalue weighted by Crippen LogP contribution is -2.37. The lowest BCUT2D eigenvalue weighted by Gasteiger charge is -2.31. The molecule has 1 aliphatic rings. The number of amides is 1. The molecule has 0 unspecified atom stereocenters. The highest BCUT2D eigenvalue weighted by atomic mass is 35.5. The van der Waals surface area contributed by atoms with Crippen LogP contribution in [-0.4, -0.2) is 43.7 Å². The van der Waals surface area contributed by atoms with E-state index >= 15 is 0 Å². The molecule has 1 aliphatic heterocycles. The number of nitrogens with one attached hydrogen (secondary N) is 1. The van der Waals surface area contributed by atoms with E-state index in [0.29, 0.717) is 32.0 Å². The SMILES string of the molecule is O=C(COc1ccc([N+](=O)[O-])cc1Cl)Nc1cc(C(F)(F)F)ccc1N1CCOCC1. The molecule has 2 aromatic carbocycles. The second-order valence-electron chi connectivity index (χ2n) is 6.54. The number of non-ortho nitro benzene ring substituents is 1. The van der Waals surface area contributed by atoms with Gasteiger partial charge in [-0.3, -0.25) is 14.9 Å². The Hall–Kier alpha value is -3.05. The number of carbonyl (C=O) groups excluding carboxylic acids is 1. The van der Waals surface area contributed by atoms with Crippen LogP contribution in [0.3, 0.4) is 0 Å². The van der Waals surface area contributed by atoms with Crippen molar-refractivity contribution in [2.45, 2.75) is 6.18 Å². The zero-order valence-electron chi connectivity index (χ0n) is 15.9. The Morgan fingerprint density at radius 2 is 1.94 bits per heavy atom. The fourth-order valence-electron chi connectivity index (χ4n) is 2.94. The smallest absolute Gasteiger partial charge is 0.416 e. The van der Waals surface area contributed by atoms with Crippen LogP contribution in [0.2, 0.25) is 5.02 Å². The van der Waals surface area contributed by atoms with Crippen molar-refractivity contribution in [3.05, 3.63) is 57.1 Å². The molecular weight excluding hydrogens is 443 g/mol. The molecule has 0 atom stereocenters. The second-order valence-corrected chi connectivity index (χ2v) is 6.94. The zero-order valence-corrected chi connectivity index (χ0v) is 16.7. The number of alkyl halides is 3. The molecule has 1 heterocycles. The maximum Gasteiger partial charge on any atom is 0.416 e. The quantitative estimate of drug-likeness (QED) is 0.516. The highest BCUT2D eigenvalue weighted by Crippen LogP contribution is 2.36. The van der Waals surface area contributed by atoms with E-state index in [1.165, 1.54) is 12.1 Å². The average Bonchev–Trinajstić information content (AvgIpc) is 2.72.